The average Bonchev–Trinajstić information content (AvgIpc) is 3.26. The summed E-state index contributed by atoms with van der Waals surface area (Å²) in [6, 6.07) is 18.6. The third kappa shape index (κ3) is 6.28. The van der Waals surface area contributed by atoms with Crippen LogP contribution in [-0.4, -0.2) is 16.0 Å². The van der Waals surface area contributed by atoms with Crippen LogP contribution in [0.4, 0.5) is 5.69 Å². The topological polar surface area (TPSA) is 67.2 Å². The van der Waals surface area contributed by atoms with Crippen LogP contribution in [0.15, 0.2) is 71.2 Å². The molecule has 0 spiro atoms. The molecule has 4 aromatic rings. The lowest BCUT2D eigenvalue weighted by Crippen LogP contribution is -2.32. The van der Waals surface area contributed by atoms with Gasteiger partial charge in [-0.3, -0.25) is 10.1 Å². The van der Waals surface area contributed by atoms with Crippen LogP contribution in [0.5, 0.6) is 0 Å². The van der Waals surface area contributed by atoms with Crippen LogP contribution in [0.1, 0.15) is 37.3 Å². The van der Waals surface area contributed by atoms with Crippen molar-refractivity contribution in [2.45, 2.75) is 26.2 Å². The highest BCUT2D eigenvalue weighted by Gasteiger charge is 2.12. The fraction of sp³-hybridized carbons (Fsp3) is 0.148. The maximum absolute atomic E-state index is 12.3. The Labute approximate surface area is 219 Å². The molecule has 2 N–H and O–H groups in total. The highest BCUT2D eigenvalue weighted by Crippen LogP contribution is 2.29. The van der Waals surface area contributed by atoms with E-state index in [2.05, 4.69) is 41.6 Å². The van der Waals surface area contributed by atoms with Crippen molar-refractivity contribution in [2.75, 3.05) is 5.32 Å². The number of amides is 1. The van der Waals surface area contributed by atoms with Gasteiger partial charge in [0.25, 0.3) is 0 Å². The van der Waals surface area contributed by atoms with E-state index in [4.69, 9.17) is 39.8 Å². The third-order valence-electron chi connectivity index (χ3n) is 5.57. The lowest BCUT2D eigenvalue weighted by molar-refractivity contribution is -0.115. The lowest BCUT2D eigenvalue weighted by atomic mass is 9.98. The third-order valence-corrected chi connectivity index (χ3v) is 6.34. The zero-order valence-electron chi connectivity index (χ0n) is 19.1. The number of carbonyl (C=O) groups is 1. The first kappa shape index (κ1) is 24.9. The van der Waals surface area contributed by atoms with Crippen molar-refractivity contribution in [3.05, 3.63) is 87.9 Å². The zero-order valence-corrected chi connectivity index (χ0v) is 21.5. The molecule has 0 aliphatic carbocycles. The van der Waals surface area contributed by atoms with Crippen LogP contribution in [0.25, 0.3) is 28.6 Å². The van der Waals surface area contributed by atoms with E-state index in [-0.39, 0.29) is 11.0 Å². The van der Waals surface area contributed by atoms with Gasteiger partial charge in [-0.05, 0) is 84.2 Å². The molecule has 5 nitrogen and oxygen atoms in total. The predicted molar refractivity (Wildman–Crippen MR) is 148 cm³/mol. The molecule has 1 aromatic heterocycles. The Bertz CT molecular complexity index is 1430. The van der Waals surface area contributed by atoms with Gasteiger partial charge in [0.15, 0.2) is 10.7 Å². The van der Waals surface area contributed by atoms with Crippen molar-refractivity contribution >= 4 is 69.3 Å². The van der Waals surface area contributed by atoms with E-state index in [1.165, 1.54) is 11.6 Å². The first-order chi connectivity index (χ1) is 16.8. The van der Waals surface area contributed by atoms with Gasteiger partial charge in [0.05, 0.1) is 0 Å². The number of benzene rings is 3. The standard InChI is InChI=1S/C27H23Cl2N3O2S/c1-3-16(2)18-8-11-24-23(14-18)31-26(34-24)19-5-4-6-21(13-19)30-27(35)32-25(33)12-9-17-7-10-20(28)15-22(17)29/h4-16H,3H2,1-2H3,(H2,30,32,33,35)/b12-9+. The van der Waals surface area contributed by atoms with Crippen molar-refractivity contribution < 1.29 is 9.21 Å². The molecule has 35 heavy (non-hydrogen) atoms. The van der Waals surface area contributed by atoms with Crippen molar-refractivity contribution in [3.8, 4) is 11.5 Å². The molecular formula is C27H23Cl2N3O2S. The molecule has 0 radical (unpaired) electrons. The fourth-order valence-electron chi connectivity index (χ4n) is 3.46. The van der Waals surface area contributed by atoms with E-state index in [0.29, 0.717) is 33.1 Å². The summed E-state index contributed by atoms with van der Waals surface area (Å²) in [6.45, 7) is 4.36. The number of halogens is 2. The molecule has 0 aliphatic heterocycles. The molecule has 0 saturated carbocycles. The second-order valence-corrected chi connectivity index (χ2v) is 9.33. The number of thiocarbonyl (C=S) groups is 1. The van der Waals surface area contributed by atoms with E-state index in [1.807, 2.05) is 30.3 Å². The quantitative estimate of drug-likeness (QED) is 0.199. The van der Waals surface area contributed by atoms with E-state index in [9.17, 15) is 4.79 Å². The highest BCUT2D eigenvalue weighted by molar-refractivity contribution is 7.80. The summed E-state index contributed by atoms with van der Waals surface area (Å²) in [5, 5.41) is 6.78. The first-order valence-corrected chi connectivity index (χ1v) is 12.2. The number of nitrogens with one attached hydrogen (secondary N) is 2. The molecule has 3 aromatic carbocycles. The van der Waals surface area contributed by atoms with Gasteiger partial charge in [-0.25, -0.2) is 4.98 Å². The average molecular weight is 524 g/mol. The Kier molecular flexibility index (Phi) is 7.86. The van der Waals surface area contributed by atoms with Gasteiger partial charge in [0, 0.05) is 27.4 Å². The molecule has 1 amide bonds. The van der Waals surface area contributed by atoms with Crippen LogP contribution in [0, 0.1) is 0 Å². The number of hydrogen-bond acceptors (Lipinski definition) is 4. The van der Waals surface area contributed by atoms with Crippen molar-refractivity contribution in [1.82, 2.24) is 10.3 Å². The van der Waals surface area contributed by atoms with Gasteiger partial charge in [0.1, 0.15) is 5.52 Å². The Hall–Kier alpha value is -3.19. The van der Waals surface area contributed by atoms with Crippen molar-refractivity contribution in [2.24, 2.45) is 0 Å². The van der Waals surface area contributed by atoms with Gasteiger partial charge in [-0.2, -0.15) is 0 Å². The molecule has 178 valence electrons. The minimum absolute atomic E-state index is 0.162. The van der Waals surface area contributed by atoms with Crippen LogP contribution in [-0.2, 0) is 4.79 Å². The summed E-state index contributed by atoms with van der Waals surface area (Å²) < 4.78 is 5.97. The SMILES string of the molecule is CCC(C)c1ccc2oc(-c3cccc(NC(=S)NC(=O)/C=C/c4ccc(Cl)cc4Cl)c3)nc2c1. The van der Waals surface area contributed by atoms with E-state index in [0.717, 1.165) is 23.1 Å². The molecule has 8 heteroatoms. The van der Waals surface area contributed by atoms with Gasteiger partial charge in [-0.15, -0.1) is 0 Å². The molecule has 0 aliphatic rings. The minimum Gasteiger partial charge on any atom is -0.436 e. The monoisotopic (exact) mass is 523 g/mol. The van der Waals surface area contributed by atoms with Gasteiger partial charge in [-0.1, -0.05) is 55.2 Å². The molecule has 4 rings (SSSR count). The van der Waals surface area contributed by atoms with E-state index in [1.54, 1.807) is 24.3 Å². The zero-order chi connectivity index (χ0) is 24.9. The summed E-state index contributed by atoms with van der Waals surface area (Å²) in [4.78, 5) is 16.9. The Morgan fingerprint density at radius 3 is 2.74 bits per heavy atom. The van der Waals surface area contributed by atoms with Gasteiger partial charge in [0.2, 0.25) is 11.8 Å². The number of fused-ring (bicyclic) bond motifs is 1. The van der Waals surface area contributed by atoms with Crippen molar-refractivity contribution in [3.63, 3.8) is 0 Å². The van der Waals surface area contributed by atoms with Crippen LogP contribution >= 0.6 is 35.4 Å². The van der Waals surface area contributed by atoms with Crippen LogP contribution < -0.4 is 10.6 Å². The molecule has 1 heterocycles. The smallest absolute Gasteiger partial charge is 0.250 e. The Morgan fingerprint density at radius 2 is 1.97 bits per heavy atom. The maximum atomic E-state index is 12.3. The van der Waals surface area contributed by atoms with Crippen LogP contribution in [0.3, 0.4) is 0 Å². The Morgan fingerprint density at radius 1 is 1.14 bits per heavy atom. The second kappa shape index (κ2) is 11.0. The molecule has 0 fully saturated rings. The number of nitrogens with zero attached hydrogens (tertiary/aromatic N) is 1. The predicted octanol–water partition coefficient (Wildman–Crippen LogP) is 7.84. The first-order valence-electron chi connectivity index (χ1n) is 11.1. The molecule has 1 atom stereocenters. The summed E-state index contributed by atoms with van der Waals surface area (Å²) >= 11 is 17.3. The normalized spacial score (nSPS) is 12.1. The van der Waals surface area contributed by atoms with Crippen LogP contribution in [0.2, 0.25) is 10.0 Å². The largest absolute Gasteiger partial charge is 0.436 e. The van der Waals surface area contributed by atoms with Gasteiger partial charge < -0.3 is 9.73 Å². The molecule has 0 saturated heterocycles. The summed E-state index contributed by atoms with van der Waals surface area (Å²) in [6.07, 6.45) is 4.01. The Balaban J connectivity index is 1.43. The number of anilines is 1. The summed E-state index contributed by atoms with van der Waals surface area (Å²) in [5.74, 6) is 0.588. The summed E-state index contributed by atoms with van der Waals surface area (Å²) in [5.41, 5.74) is 4.96. The van der Waals surface area contributed by atoms with E-state index >= 15 is 0 Å². The molecule has 0 bridgehead atoms. The number of aromatic nitrogens is 1. The minimum atomic E-state index is -0.388. The second-order valence-electron chi connectivity index (χ2n) is 8.08. The van der Waals surface area contributed by atoms with Gasteiger partial charge >= 0.3 is 0 Å². The van der Waals surface area contributed by atoms with Crippen molar-refractivity contribution in [1.29, 1.82) is 0 Å². The number of carbonyl (C=O) groups excluding carboxylic acids is 1. The molecular weight excluding hydrogens is 501 g/mol. The maximum Gasteiger partial charge on any atom is 0.250 e. The number of oxazole rings is 1. The van der Waals surface area contributed by atoms with E-state index < -0.39 is 0 Å². The number of hydrogen-bond donors (Lipinski definition) is 2. The fourth-order valence-corrected chi connectivity index (χ4v) is 4.15. The highest BCUT2D eigenvalue weighted by atomic mass is 35.5. The number of rotatable bonds is 6. The lowest BCUT2D eigenvalue weighted by Gasteiger charge is -2.09. The summed E-state index contributed by atoms with van der Waals surface area (Å²) in [7, 11) is 0. The molecule has 1 unspecified atom stereocenters.